The zero-order chi connectivity index (χ0) is 17.7. The lowest BCUT2D eigenvalue weighted by Crippen LogP contribution is -2.48. The molecule has 0 amide bonds. The number of aliphatic hydroxyl groups is 1. The maximum Gasteiger partial charge on any atom is 0.416 e. The zero-order valence-electron chi connectivity index (χ0n) is 13.8. The number of nitrogens with zero attached hydrogens (tertiary/aromatic N) is 1. The first-order valence-electron chi connectivity index (χ1n) is 8.71. The van der Waals surface area contributed by atoms with E-state index in [1.165, 1.54) is 12.1 Å². The van der Waals surface area contributed by atoms with E-state index in [4.69, 9.17) is 0 Å². The number of pyridine rings is 1. The lowest BCUT2D eigenvalue weighted by molar-refractivity contribution is -0.137. The van der Waals surface area contributed by atoms with Crippen LogP contribution >= 0.6 is 0 Å². The van der Waals surface area contributed by atoms with Gasteiger partial charge in [-0.1, -0.05) is 30.7 Å². The zero-order valence-corrected chi connectivity index (χ0v) is 13.8. The minimum atomic E-state index is -4.37. The van der Waals surface area contributed by atoms with Gasteiger partial charge in [0.15, 0.2) is 0 Å². The molecule has 25 heavy (non-hydrogen) atoms. The van der Waals surface area contributed by atoms with Crippen LogP contribution in [0.4, 0.5) is 13.2 Å². The first-order valence-corrected chi connectivity index (χ1v) is 8.71. The Labute approximate surface area is 144 Å². The van der Waals surface area contributed by atoms with E-state index in [0.717, 1.165) is 36.6 Å². The summed E-state index contributed by atoms with van der Waals surface area (Å²) in [5, 5.41) is 11.2. The minimum absolute atomic E-state index is 0.106. The summed E-state index contributed by atoms with van der Waals surface area (Å²) in [6, 6.07) is 9.40. The number of halogens is 3. The molecule has 1 heterocycles. The molecule has 2 nitrogen and oxygen atoms in total. The van der Waals surface area contributed by atoms with Gasteiger partial charge in [0, 0.05) is 23.2 Å². The van der Waals surface area contributed by atoms with Crippen molar-refractivity contribution in [3.63, 3.8) is 0 Å². The van der Waals surface area contributed by atoms with E-state index in [-0.39, 0.29) is 5.92 Å². The first-order chi connectivity index (χ1) is 11.9. The summed E-state index contributed by atoms with van der Waals surface area (Å²) in [7, 11) is 0. The van der Waals surface area contributed by atoms with Crippen molar-refractivity contribution in [3.05, 3.63) is 65.0 Å². The van der Waals surface area contributed by atoms with Crippen molar-refractivity contribution >= 4 is 0 Å². The van der Waals surface area contributed by atoms with Crippen LogP contribution in [0.3, 0.4) is 0 Å². The van der Waals surface area contributed by atoms with Crippen molar-refractivity contribution in [2.75, 3.05) is 0 Å². The largest absolute Gasteiger partial charge is 0.416 e. The number of fused-ring (bicyclic) bond motifs is 1. The summed E-state index contributed by atoms with van der Waals surface area (Å²) in [5.41, 5.74) is 1.42. The Balaban J connectivity index is 1.70. The smallest absolute Gasteiger partial charge is 0.392 e. The molecule has 0 bridgehead atoms. The number of aliphatic hydroxyl groups excluding tert-OH is 1. The van der Waals surface area contributed by atoms with Crippen LogP contribution in [0, 0.1) is 0 Å². The van der Waals surface area contributed by atoms with Crippen molar-refractivity contribution in [1.29, 1.82) is 0 Å². The number of alkyl halides is 3. The number of aromatic nitrogens is 1. The van der Waals surface area contributed by atoms with Crippen LogP contribution in [-0.2, 0) is 18.0 Å². The van der Waals surface area contributed by atoms with Gasteiger partial charge in [0.25, 0.3) is 0 Å². The molecule has 1 saturated carbocycles. The van der Waals surface area contributed by atoms with Crippen molar-refractivity contribution in [2.24, 2.45) is 0 Å². The SMILES string of the molecule is OC(C1CCc2cccnc21)C1(c2cccc(C(F)(F)F)c2)CCC1. The third-order valence-electron chi connectivity index (χ3n) is 5.96. The summed E-state index contributed by atoms with van der Waals surface area (Å²) in [6.45, 7) is 0. The van der Waals surface area contributed by atoms with Crippen molar-refractivity contribution in [1.82, 2.24) is 4.98 Å². The number of hydrogen-bond acceptors (Lipinski definition) is 2. The molecule has 1 aromatic carbocycles. The Kier molecular flexibility index (Phi) is 3.87. The molecule has 1 aromatic heterocycles. The molecule has 2 unspecified atom stereocenters. The van der Waals surface area contributed by atoms with E-state index in [0.29, 0.717) is 18.4 Å². The molecule has 132 valence electrons. The summed E-state index contributed by atoms with van der Waals surface area (Å²) in [6.07, 6.45) is 0.672. The second kappa shape index (κ2) is 5.84. The maximum absolute atomic E-state index is 13.1. The van der Waals surface area contributed by atoms with Gasteiger partial charge in [-0.15, -0.1) is 0 Å². The van der Waals surface area contributed by atoms with Crippen LogP contribution < -0.4 is 0 Å². The highest BCUT2D eigenvalue weighted by molar-refractivity contribution is 5.38. The quantitative estimate of drug-likeness (QED) is 0.879. The summed E-state index contributed by atoms with van der Waals surface area (Å²) in [4.78, 5) is 4.44. The molecule has 4 rings (SSSR count). The van der Waals surface area contributed by atoms with Gasteiger partial charge >= 0.3 is 6.18 Å². The number of hydrogen-bond donors (Lipinski definition) is 1. The van der Waals surface area contributed by atoms with E-state index in [1.807, 2.05) is 12.1 Å². The molecule has 2 aliphatic rings. The summed E-state index contributed by atoms with van der Waals surface area (Å²) in [5.74, 6) is -0.106. The number of aryl methyl sites for hydroxylation is 1. The molecular formula is C20H20F3NO. The molecular weight excluding hydrogens is 327 g/mol. The Hall–Kier alpha value is -1.88. The Morgan fingerprint density at radius 3 is 2.64 bits per heavy atom. The number of rotatable bonds is 3. The van der Waals surface area contributed by atoms with Crippen molar-refractivity contribution < 1.29 is 18.3 Å². The number of benzene rings is 1. The van der Waals surface area contributed by atoms with Gasteiger partial charge in [-0.05, 0) is 48.9 Å². The second-order valence-electron chi connectivity index (χ2n) is 7.23. The molecule has 1 N–H and O–H groups in total. The molecule has 0 radical (unpaired) electrons. The molecule has 2 aliphatic carbocycles. The molecule has 0 saturated heterocycles. The minimum Gasteiger partial charge on any atom is -0.392 e. The maximum atomic E-state index is 13.1. The van der Waals surface area contributed by atoms with Gasteiger partial charge in [0.2, 0.25) is 0 Å². The standard InChI is InChI=1S/C20H20F3NO/c21-20(22,23)15-6-1-5-14(12-15)19(9-3-10-19)18(25)16-8-7-13-4-2-11-24-17(13)16/h1-2,4-6,11-12,16,18,25H,3,7-10H2. The van der Waals surface area contributed by atoms with Crippen LogP contribution in [0.5, 0.6) is 0 Å². The second-order valence-corrected chi connectivity index (χ2v) is 7.23. The van der Waals surface area contributed by atoms with Crippen LogP contribution in [0.15, 0.2) is 42.6 Å². The fourth-order valence-corrected chi connectivity index (χ4v) is 4.45. The summed E-state index contributed by atoms with van der Waals surface area (Å²) < 4.78 is 39.3. The highest BCUT2D eigenvalue weighted by atomic mass is 19.4. The van der Waals surface area contributed by atoms with Gasteiger partial charge in [0.05, 0.1) is 11.7 Å². The highest BCUT2D eigenvalue weighted by Gasteiger charge is 2.50. The Morgan fingerprint density at radius 2 is 1.96 bits per heavy atom. The lowest BCUT2D eigenvalue weighted by atomic mass is 9.58. The van der Waals surface area contributed by atoms with Gasteiger partial charge in [0.1, 0.15) is 0 Å². The predicted molar refractivity (Wildman–Crippen MR) is 88.3 cm³/mol. The fourth-order valence-electron chi connectivity index (χ4n) is 4.45. The average Bonchev–Trinajstić information content (AvgIpc) is 2.97. The van der Waals surface area contributed by atoms with Gasteiger partial charge < -0.3 is 5.11 Å². The molecule has 2 atom stereocenters. The van der Waals surface area contributed by atoms with E-state index in [9.17, 15) is 18.3 Å². The van der Waals surface area contributed by atoms with Gasteiger partial charge in [-0.2, -0.15) is 13.2 Å². The highest BCUT2D eigenvalue weighted by Crippen LogP contribution is 2.52. The third-order valence-corrected chi connectivity index (χ3v) is 5.96. The van der Waals surface area contributed by atoms with E-state index >= 15 is 0 Å². The monoisotopic (exact) mass is 347 g/mol. The average molecular weight is 347 g/mol. The van der Waals surface area contributed by atoms with Gasteiger partial charge in [-0.3, -0.25) is 4.98 Å². The molecule has 2 aromatic rings. The normalized spacial score (nSPS) is 23.0. The van der Waals surface area contributed by atoms with Crippen molar-refractivity contribution in [3.8, 4) is 0 Å². The fraction of sp³-hybridized carbons (Fsp3) is 0.450. The topological polar surface area (TPSA) is 33.1 Å². The van der Waals surface area contributed by atoms with Crippen LogP contribution in [-0.4, -0.2) is 16.2 Å². The van der Waals surface area contributed by atoms with Crippen LogP contribution in [0.1, 0.15) is 54.0 Å². The first kappa shape index (κ1) is 16.6. The predicted octanol–water partition coefficient (Wildman–Crippen LogP) is 4.61. The van der Waals surface area contributed by atoms with E-state index in [1.54, 1.807) is 12.3 Å². The summed E-state index contributed by atoms with van der Waals surface area (Å²) >= 11 is 0. The molecule has 5 heteroatoms. The van der Waals surface area contributed by atoms with Crippen molar-refractivity contribution in [2.45, 2.75) is 55.7 Å². The van der Waals surface area contributed by atoms with Crippen LogP contribution in [0.2, 0.25) is 0 Å². The van der Waals surface area contributed by atoms with Gasteiger partial charge in [-0.25, -0.2) is 0 Å². The molecule has 1 fully saturated rings. The van der Waals surface area contributed by atoms with E-state index in [2.05, 4.69) is 4.98 Å². The Morgan fingerprint density at radius 1 is 1.16 bits per heavy atom. The third kappa shape index (κ3) is 2.65. The molecule has 0 aliphatic heterocycles. The lowest BCUT2D eigenvalue weighted by Gasteiger charge is -2.48. The van der Waals surface area contributed by atoms with E-state index < -0.39 is 23.3 Å². The molecule has 0 spiro atoms. The Bertz CT molecular complexity index is 783. The van der Waals surface area contributed by atoms with Crippen LogP contribution in [0.25, 0.3) is 0 Å².